The molecule has 4 nitrogen and oxygen atoms in total. The van der Waals surface area contributed by atoms with Gasteiger partial charge in [-0.1, -0.05) is 13.8 Å². The third-order valence-electron chi connectivity index (χ3n) is 3.67. The van der Waals surface area contributed by atoms with Crippen molar-refractivity contribution in [1.82, 2.24) is 5.32 Å². The average molecular weight is 345 g/mol. The van der Waals surface area contributed by atoms with Gasteiger partial charge in [0.1, 0.15) is 17.4 Å². The standard InChI is InChI=1S/C16H21F2NO3S/c1-10(2)9-19-15(20)22-11-7-12(17)14(13(18)8-11)16(21)3-5-23-6-4-16/h7-8,10,21H,3-6,9H2,1-2H3,(H,19,20). The topological polar surface area (TPSA) is 58.6 Å². The lowest BCUT2D eigenvalue weighted by atomic mass is 9.87. The molecule has 0 spiro atoms. The van der Waals surface area contributed by atoms with Crippen molar-refractivity contribution in [3.05, 3.63) is 29.3 Å². The molecule has 1 heterocycles. The number of carbonyl (C=O) groups is 1. The van der Waals surface area contributed by atoms with Gasteiger partial charge in [-0.05, 0) is 30.3 Å². The van der Waals surface area contributed by atoms with Gasteiger partial charge in [-0.3, -0.25) is 0 Å². The summed E-state index contributed by atoms with van der Waals surface area (Å²) in [5, 5.41) is 13.0. The van der Waals surface area contributed by atoms with Gasteiger partial charge < -0.3 is 15.2 Å². The largest absolute Gasteiger partial charge is 0.412 e. The molecule has 23 heavy (non-hydrogen) atoms. The maximum absolute atomic E-state index is 14.3. The van der Waals surface area contributed by atoms with Crippen LogP contribution in [0, 0.1) is 17.6 Å². The predicted octanol–water partition coefficient (Wildman–Crippen LogP) is 3.42. The van der Waals surface area contributed by atoms with Crippen molar-refractivity contribution in [2.45, 2.75) is 32.3 Å². The number of hydrogen-bond donors (Lipinski definition) is 2. The maximum atomic E-state index is 14.3. The van der Waals surface area contributed by atoms with Crippen LogP contribution in [0.1, 0.15) is 32.3 Å². The Hall–Kier alpha value is -1.34. The van der Waals surface area contributed by atoms with Crippen molar-refractivity contribution in [3.8, 4) is 5.75 Å². The molecule has 0 unspecified atom stereocenters. The van der Waals surface area contributed by atoms with Gasteiger partial charge in [0, 0.05) is 18.7 Å². The van der Waals surface area contributed by atoms with E-state index in [9.17, 15) is 18.7 Å². The molecule has 128 valence electrons. The minimum atomic E-state index is -1.50. The van der Waals surface area contributed by atoms with E-state index in [1.165, 1.54) is 0 Å². The number of hydrogen-bond acceptors (Lipinski definition) is 4. The van der Waals surface area contributed by atoms with Crippen LogP contribution in [0.4, 0.5) is 13.6 Å². The second-order valence-corrected chi connectivity index (χ2v) is 7.29. The molecule has 0 atom stereocenters. The maximum Gasteiger partial charge on any atom is 0.412 e. The minimum Gasteiger partial charge on any atom is -0.410 e. The van der Waals surface area contributed by atoms with Crippen LogP contribution in [-0.2, 0) is 5.60 Å². The molecule has 1 fully saturated rings. The Labute approximate surface area is 138 Å². The highest BCUT2D eigenvalue weighted by atomic mass is 32.2. The van der Waals surface area contributed by atoms with E-state index < -0.39 is 23.3 Å². The molecular weight excluding hydrogens is 324 g/mol. The van der Waals surface area contributed by atoms with Crippen LogP contribution in [0.25, 0.3) is 0 Å². The highest BCUT2D eigenvalue weighted by Crippen LogP contribution is 2.39. The second kappa shape index (κ2) is 7.49. The second-order valence-electron chi connectivity index (χ2n) is 6.07. The van der Waals surface area contributed by atoms with Crippen molar-refractivity contribution < 1.29 is 23.4 Å². The molecule has 2 N–H and O–H groups in total. The fourth-order valence-electron chi connectivity index (χ4n) is 2.44. The number of rotatable bonds is 4. The molecule has 0 bridgehead atoms. The minimum absolute atomic E-state index is 0.223. The number of halogens is 2. The number of nitrogens with one attached hydrogen (secondary N) is 1. The summed E-state index contributed by atoms with van der Waals surface area (Å²) in [5.74, 6) is -0.496. The van der Waals surface area contributed by atoms with Gasteiger partial charge in [0.2, 0.25) is 0 Å². The molecule has 0 aliphatic carbocycles. The van der Waals surface area contributed by atoms with E-state index in [2.05, 4.69) is 5.32 Å². The third kappa shape index (κ3) is 4.57. The van der Waals surface area contributed by atoms with Crippen LogP contribution in [0.2, 0.25) is 0 Å². The summed E-state index contributed by atoms with van der Waals surface area (Å²) >= 11 is 1.64. The fourth-order valence-corrected chi connectivity index (χ4v) is 3.61. The molecule has 1 amide bonds. The lowest BCUT2D eigenvalue weighted by Gasteiger charge is -2.32. The van der Waals surface area contributed by atoms with Gasteiger partial charge >= 0.3 is 6.09 Å². The van der Waals surface area contributed by atoms with Crippen molar-refractivity contribution >= 4 is 17.9 Å². The number of benzene rings is 1. The molecule has 0 aromatic heterocycles. The Morgan fingerprint density at radius 1 is 1.35 bits per heavy atom. The summed E-state index contributed by atoms with van der Waals surface area (Å²) in [6.07, 6.45) is -0.181. The highest BCUT2D eigenvalue weighted by Gasteiger charge is 2.37. The van der Waals surface area contributed by atoms with Crippen LogP contribution in [0.3, 0.4) is 0 Å². The van der Waals surface area contributed by atoms with Crippen LogP contribution in [-0.4, -0.2) is 29.3 Å². The van der Waals surface area contributed by atoms with E-state index in [4.69, 9.17) is 4.74 Å². The van der Waals surface area contributed by atoms with E-state index in [0.29, 0.717) is 30.9 Å². The quantitative estimate of drug-likeness (QED) is 0.878. The Morgan fingerprint density at radius 3 is 2.43 bits per heavy atom. The number of thioether (sulfide) groups is 1. The Balaban J connectivity index is 2.15. The van der Waals surface area contributed by atoms with E-state index in [-0.39, 0.29) is 17.2 Å². The number of aliphatic hydroxyl groups is 1. The number of amides is 1. The van der Waals surface area contributed by atoms with E-state index in [0.717, 1.165) is 12.1 Å². The zero-order chi connectivity index (χ0) is 17.0. The SMILES string of the molecule is CC(C)CNC(=O)Oc1cc(F)c(C2(O)CCSCC2)c(F)c1. The third-order valence-corrected chi connectivity index (χ3v) is 4.65. The average Bonchev–Trinajstić information content (AvgIpc) is 2.44. The van der Waals surface area contributed by atoms with Gasteiger partial charge in [0.25, 0.3) is 0 Å². The summed E-state index contributed by atoms with van der Waals surface area (Å²) in [5.41, 5.74) is -1.84. The predicted molar refractivity (Wildman–Crippen MR) is 85.7 cm³/mol. The van der Waals surface area contributed by atoms with Crippen molar-refractivity contribution in [2.24, 2.45) is 5.92 Å². The zero-order valence-electron chi connectivity index (χ0n) is 13.2. The first kappa shape index (κ1) is 18.0. The van der Waals surface area contributed by atoms with Gasteiger partial charge in [-0.25, -0.2) is 13.6 Å². The zero-order valence-corrected chi connectivity index (χ0v) is 14.0. The van der Waals surface area contributed by atoms with E-state index in [1.54, 1.807) is 11.8 Å². The molecular formula is C16H21F2NO3S. The lowest BCUT2D eigenvalue weighted by Crippen LogP contribution is -2.33. The molecule has 2 rings (SSSR count). The van der Waals surface area contributed by atoms with E-state index in [1.807, 2.05) is 13.8 Å². The molecule has 1 saturated heterocycles. The first-order valence-corrected chi connectivity index (χ1v) is 8.72. The van der Waals surface area contributed by atoms with Gasteiger partial charge in [-0.15, -0.1) is 0 Å². The lowest BCUT2D eigenvalue weighted by molar-refractivity contribution is 0.0208. The molecule has 1 aromatic rings. The molecule has 1 aliphatic heterocycles. The van der Waals surface area contributed by atoms with Gasteiger partial charge in [0.05, 0.1) is 11.2 Å². The van der Waals surface area contributed by atoms with Crippen molar-refractivity contribution in [3.63, 3.8) is 0 Å². The van der Waals surface area contributed by atoms with Gasteiger partial charge in [0.15, 0.2) is 0 Å². The summed E-state index contributed by atoms with van der Waals surface area (Å²) in [6, 6.07) is 1.88. The monoisotopic (exact) mass is 345 g/mol. The molecule has 7 heteroatoms. The van der Waals surface area contributed by atoms with E-state index >= 15 is 0 Å². The first-order valence-electron chi connectivity index (χ1n) is 7.57. The molecule has 0 radical (unpaired) electrons. The Kier molecular flexibility index (Phi) is 5.86. The van der Waals surface area contributed by atoms with Crippen LogP contribution in [0.15, 0.2) is 12.1 Å². The molecule has 0 saturated carbocycles. The van der Waals surface area contributed by atoms with Crippen molar-refractivity contribution in [2.75, 3.05) is 18.1 Å². The Bertz CT molecular complexity index is 551. The van der Waals surface area contributed by atoms with Crippen LogP contribution < -0.4 is 10.1 Å². The normalized spacial score (nSPS) is 17.1. The van der Waals surface area contributed by atoms with Crippen LogP contribution >= 0.6 is 11.8 Å². The number of ether oxygens (including phenoxy) is 1. The number of carbonyl (C=O) groups excluding carboxylic acids is 1. The Morgan fingerprint density at radius 2 is 1.91 bits per heavy atom. The van der Waals surface area contributed by atoms with Crippen LogP contribution in [0.5, 0.6) is 5.75 Å². The molecule has 1 aromatic carbocycles. The summed E-state index contributed by atoms with van der Waals surface area (Å²) in [6.45, 7) is 4.23. The summed E-state index contributed by atoms with van der Waals surface area (Å²) in [4.78, 5) is 11.6. The first-order chi connectivity index (χ1) is 10.8. The summed E-state index contributed by atoms with van der Waals surface area (Å²) < 4.78 is 33.5. The van der Waals surface area contributed by atoms with Crippen molar-refractivity contribution in [1.29, 1.82) is 0 Å². The highest BCUT2D eigenvalue weighted by molar-refractivity contribution is 7.99. The smallest absolute Gasteiger partial charge is 0.410 e. The fraction of sp³-hybridized carbons (Fsp3) is 0.562. The van der Waals surface area contributed by atoms with Gasteiger partial charge in [-0.2, -0.15) is 11.8 Å². The summed E-state index contributed by atoms with van der Waals surface area (Å²) in [7, 11) is 0. The molecule has 1 aliphatic rings.